The number of carbonyl (C=O) groups excluding carboxylic acids is 1. The Bertz CT molecular complexity index is 785. The van der Waals surface area contributed by atoms with E-state index in [2.05, 4.69) is 23.3 Å². The topological polar surface area (TPSA) is 26.8 Å². The third-order valence-electron chi connectivity index (χ3n) is 5.57. The van der Waals surface area contributed by atoms with E-state index in [1.54, 1.807) is 12.1 Å². The van der Waals surface area contributed by atoms with Gasteiger partial charge in [-0.15, -0.1) is 11.3 Å². The number of carbonyl (C=O) groups is 1. The van der Waals surface area contributed by atoms with E-state index in [-0.39, 0.29) is 11.7 Å². The lowest BCUT2D eigenvalue weighted by Gasteiger charge is -2.38. The molecule has 1 atom stereocenters. The zero-order valence-electron chi connectivity index (χ0n) is 15.0. The van der Waals surface area contributed by atoms with Crippen LogP contribution >= 0.6 is 11.3 Å². The number of hydrogen-bond donors (Lipinski definition) is 0. The first-order valence-corrected chi connectivity index (χ1v) is 10.1. The molecule has 1 saturated heterocycles. The number of benzene rings is 1. The summed E-state index contributed by atoms with van der Waals surface area (Å²) in [5.74, 6) is -0.00954. The molecule has 2 aromatic rings. The van der Waals surface area contributed by atoms with Crippen molar-refractivity contribution in [2.75, 3.05) is 44.2 Å². The zero-order valence-corrected chi connectivity index (χ0v) is 15.8. The summed E-state index contributed by atoms with van der Waals surface area (Å²) < 4.78 is 13.9. The van der Waals surface area contributed by atoms with Crippen LogP contribution in [0.2, 0.25) is 0 Å². The van der Waals surface area contributed by atoms with Crippen LogP contribution in [-0.2, 0) is 11.2 Å². The van der Waals surface area contributed by atoms with E-state index >= 15 is 0 Å². The summed E-state index contributed by atoms with van der Waals surface area (Å²) in [6.07, 6.45) is 1.03. The molecule has 138 valence electrons. The van der Waals surface area contributed by atoms with Gasteiger partial charge >= 0.3 is 0 Å². The fourth-order valence-electron chi connectivity index (χ4n) is 3.96. The highest BCUT2D eigenvalue weighted by Gasteiger charge is 2.29. The average molecular weight is 373 g/mol. The van der Waals surface area contributed by atoms with Crippen LogP contribution in [0, 0.1) is 5.82 Å². The fourth-order valence-corrected chi connectivity index (χ4v) is 4.92. The molecule has 2 aliphatic rings. The van der Waals surface area contributed by atoms with Crippen LogP contribution in [0.1, 0.15) is 23.4 Å². The van der Waals surface area contributed by atoms with E-state index in [9.17, 15) is 9.18 Å². The van der Waals surface area contributed by atoms with Crippen LogP contribution in [0.4, 0.5) is 10.1 Å². The summed E-state index contributed by atoms with van der Waals surface area (Å²) in [5, 5.41) is 2.15. The van der Waals surface area contributed by atoms with Gasteiger partial charge in [-0.25, -0.2) is 4.39 Å². The molecule has 0 bridgehead atoms. The first kappa shape index (κ1) is 17.5. The second kappa shape index (κ2) is 7.37. The molecule has 1 fully saturated rings. The number of para-hydroxylation sites is 1. The van der Waals surface area contributed by atoms with Gasteiger partial charge in [0.1, 0.15) is 5.82 Å². The van der Waals surface area contributed by atoms with E-state index in [4.69, 9.17) is 0 Å². The molecule has 0 aliphatic carbocycles. The van der Waals surface area contributed by atoms with Gasteiger partial charge in [0, 0.05) is 43.6 Å². The number of piperazine rings is 1. The highest BCUT2D eigenvalue weighted by atomic mass is 32.1. The number of fused-ring (bicyclic) bond motifs is 1. The van der Waals surface area contributed by atoms with Gasteiger partial charge in [-0.1, -0.05) is 12.1 Å². The highest BCUT2D eigenvalue weighted by molar-refractivity contribution is 7.10. The Morgan fingerprint density at radius 1 is 1.15 bits per heavy atom. The summed E-state index contributed by atoms with van der Waals surface area (Å²) in [4.78, 5) is 20.5. The lowest BCUT2D eigenvalue weighted by atomic mass is 10.0. The highest BCUT2D eigenvalue weighted by Crippen LogP contribution is 2.32. The van der Waals surface area contributed by atoms with Gasteiger partial charge in [0.15, 0.2) is 0 Å². The Kier molecular flexibility index (Phi) is 4.96. The molecule has 0 N–H and O–H groups in total. The quantitative estimate of drug-likeness (QED) is 0.827. The van der Waals surface area contributed by atoms with Crippen LogP contribution < -0.4 is 4.90 Å². The minimum atomic E-state index is -0.194. The summed E-state index contributed by atoms with van der Waals surface area (Å²) in [6, 6.07) is 9.34. The predicted octanol–water partition coefficient (Wildman–Crippen LogP) is 3.16. The number of hydrogen-bond acceptors (Lipinski definition) is 4. The summed E-state index contributed by atoms with van der Waals surface area (Å²) in [5.41, 5.74) is 2.01. The van der Waals surface area contributed by atoms with Crippen molar-refractivity contribution in [3.05, 3.63) is 52.0 Å². The van der Waals surface area contributed by atoms with Crippen molar-refractivity contribution in [3.63, 3.8) is 0 Å². The standard InChI is InChI=1S/C20H24FN3OS/c1-15-16-7-13-26-19(16)6-8-24(15)14-20(25)23-11-9-22(10-12-23)18-5-3-2-4-17(18)21/h2-5,7,13,15H,6,8-12,14H2,1H3/t15-/m0/s1. The first-order valence-electron chi connectivity index (χ1n) is 9.21. The maximum Gasteiger partial charge on any atom is 0.236 e. The van der Waals surface area contributed by atoms with E-state index in [1.807, 2.05) is 27.2 Å². The SMILES string of the molecule is C[C@H]1c2ccsc2CCN1CC(=O)N1CCN(c2ccccc2F)CC1. The minimum absolute atomic E-state index is 0.184. The Morgan fingerprint density at radius 2 is 1.92 bits per heavy atom. The molecule has 0 radical (unpaired) electrons. The summed E-state index contributed by atoms with van der Waals surface area (Å²) >= 11 is 1.82. The number of nitrogens with zero attached hydrogens (tertiary/aromatic N) is 3. The largest absolute Gasteiger partial charge is 0.366 e. The van der Waals surface area contributed by atoms with E-state index in [1.165, 1.54) is 16.5 Å². The number of rotatable bonds is 3. The van der Waals surface area contributed by atoms with E-state index < -0.39 is 0 Å². The predicted molar refractivity (Wildman–Crippen MR) is 103 cm³/mol. The lowest BCUT2D eigenvalue weighted by Crippen LogP contribution is -2.52. The van der Waals surface area contributed by atoms with Crippen molar-refractivity contribution in [1.29, 1.82) is 0 Å². The molecule has 0 spiro atoms. The van der Waals surface area contributed by atoms with E-state index in [0.717, 1.165) is 13.0 Å². The van der Waals surface area contributed by atoms with Crippen LogP contribution in [-0.4, -0.2) is 55.0 Å². The van der Waals surface area contributed by atoms with Gasteiger partial charge in [0.25, 0.3) is 0 Å². The molecule has 4 nitrogen and oxygen atoms in total. The Labute approximate surface area is 157 Å². The Morgan fingerprint density at radius 3 is 2.69 bits per heavy atom. The molecule has 1 aromatic carbocycles. The van der Waals surface area contributed by atoms with Crippen LogP contribution in [0.3, 0.4) is 0 Å². The van der Waals surface area contributed by atoms with Crippen molar-refractivity contribution in [1.82, 2.24) is 9.80 Å². The second-order valence-corrected chi connectivity index (χ2v) is 8.02. The number of anilines is 1. The van der Waals surface area contributed by atoms with Gasteiger partial charge in [-0.2, -0.15) is 0 Å². The van der Waals surface area contributed by atoms with Crippen molar-refractivity contribution in [3.8, 4) is 0 Å². The van der Waals surface area contributed by atoms with Crippen molar-refractivity contribution in [2.24, 2.45) is 0 Å². The van der Waals surface area contributed by atoms with Gasteiger partial charge in [0.05, 0.1) is 12.2 Å². The molecule has 0 saturated carbocycles. The van der Waals surface area contributed by atoms with Crippen molar-refractivity contribution >= 4 is 22.9 Å². The lowest BCUT2D eigenvalue weighted by molar-refractivity contribution is -0.133. The molecule has 2 aliphatic heterocycles. The van der Waals surface area contributed by atoms with Gasteiger partial charge < -0.3 is 9.80 Å². The smallest absolute Gasteiger partial charge is 0.236 e. The molecular weight excluding hydrogens is 349 g/mol. The molecule has 0 unspecified atom stereocenters. The van der Waals surface area contributed by atoms with Crippen molar-refractivity contribution < 1.29 is 9.18 Å². The monoisotopic (exact) mass is 373 g/mol. The Balaban J connectivity index is 1.34. The number of thiophene rings is 1. The molecule has 3 heterocycles. The molecule has 26 heavy (non-hydrogen) atoms. The second-order valence-electron chi connectivity index (χ2n) is 7.01. The summed E-state index contributed by atoms with van der Waals surface area (Å²) in [6.45, 7) is 6.26. The zero-order chi connectivity index (χ0) is 18.1. The molecular formula is C20H24FN3OS. The normalized spacial score (nSPS) is 20.9. The third kappa shape index (κ3) is 3.35. The van der Waals surface area contributed by atoms with Crippen molar-refractivity contribution in [2.45, 2.75) is 19.4 Å². The number of amides is 1. The average Bonchev–Trinajstić information content (AvgIpc) is 3.14. The van der Waals surface area contributed by atoms with Crippen LogP contribution in [0.25, 0.3) is 0 Å². The maximum absolute atomic E-state index is 13.9. The third-order valence-corrected chi connectivity index (χ3v) is 6.56. The Hall–Kier alpha value is -1.92. The van der Waals surface area contributed by atoms with E-state index in [0.29, 0.717) is 44.5 Å². The summed E-state index contributed by atoms with van der Waals surface area (Å²) in [7, 11) is 0. The first-order chi connectivity index (χ1) is 12.6. The van der Waals surface area contributed by atoms with Crippen LogP contribution in [0.5, 0.6) is 0 Å². The minimum Gasteiger partial charge on any atom is -0.366 e. The molecule has 1 amide bonds. The maximum atomic E-state index is 13.9. The molecule has 4 rings (SSSR count). The number of halogens is 1. The van der Waals surface area contributed by atoms with Gasteiger partial charge in [-0.3, -0.25) is 9.69 Å². The van der Waals surface area contributed by atoms with Gasteiger partial charge in [0.2, 0.25) is 5.91 Å². The van der Waals surface area contributed by atoms with Crippen LogP contribution in [0.15, 0.2) is 35.7 Å². The molecule has 1 aromatic heterocycles. The van der Waals surface area contributed by atoms with Gasteiger partial charge in [-0.05, 0) is 42.5 Å². The molecule has 6 heteroatoms. The fraction of sp³-hybridized carbons (Fsp3) is 0.450.